The number of methoxy groups -OCH3 is 1. The van der Waals surface area contributed by atoms with E-state index in [1.807, 2.05) is 61.5 Å². The molecular weight excluding hydrogens is 693 g/mol. The fraction of sp³-hybridized carbons (Fsp3) is 0.295. The van der Waals surface area contributed by atoms with Crippen molar-refractivity contribution in [1.82, 2.24) is 14.9 Å². The third kappa shape index (κ3) is 7.38. The Morgan fingerprint density at radius 2 is 1.73 bits per heavy atom. The lowest BCUT2D eigenvalue weighted by molar-refractivity contribution is 0.0980. The molecule has 1 saturated heterocycles. The van der Waals surface area contributed by atoms with E-state index < -0.39 is 6.10 Å². The lowest BCUT2D eigenvalue weighted by atomic mass is 9.81. The predicted molar refractivity (Wildman–Crippen MR) is 214 cm³/mol. The molecule has 1 aliphatic carbocycles. The number of aromatic nitrogens is 2. The second-order valence-corrected chi connectivity index (χ2v) is 14.4. The summed E-state index contributed by atoms with van der Waals surface area (Å²) in [5, 5.41) is 21.2. The molecule has 5 aromatic rings. The number of hydrogen-bond acceptors (Lipinski definition) is 9. The summed E-state index contributed by atoms with van der Waals surface area (Å²) in [5.74, 6) is 0.277. The summed E-state index contributed by atoms with van der Waals surface area (Å²) in [6.45, 7) is 9.79. The van der Waals surface area contributed by atoms with Crippen LogP contribution in [0.5, 0.6) is 5.75 Å². The number of nitrogens with zero attached hydrogens (tertiary/aromatic N) is 2. The Balaban J connectivity index is 1.07. The van der Waals surface area contributed by atoms with Gasteiger partial charge >= 0.3 is 0 Å². The average Bonchev–Trinajstić information content (AvgIpc) is 3.61. The zero-order valence-corrected chi connectivity index (χ0v) is 31.6. The number of likely N-dealkylation sites (N-methyl/N-ethyl adjacent to an activating group) is 1. The molecule has 2 aliphatic heterocycles. The van der Waals surface area contributed by atoms with E-state index in [0.717, 1.165) is 62.6 Å². The van der Waals surface area contributed by atoms with Crippen molar-refractivity contribution >= 4 is 40.8 Å². The Kier molecular flexibility index (Phi) is 10.00. The molecule has 0 spiro atoms. The van der Waals surface area contributed by atoms with Crippen LogP contribution in [0.3, 0.4) is 0 Å². The number of nitrogens with one attached hydrogen (secondary N) is 4. The van der Waals surface area contributed by atoms with Gasteiger partial charge in [0, 0.05) is 71.2 Å². The SMILES string of the molecule is CCN(CC)C[C@@H](O)CNc1ccc(NC[C@H]2CO2)c2c1C(=O)c1cc(Cc3cc(C)c(/C=c4/[nH]c(=C5C=c6ccccc6=N5)cc4OC)[nH]3)ccc1C2=O. The summed E-state index contributed by atoms with van der Waals surface area (Å²) in [5.41, 5.74) is 7.24. The second-order valence-electron chi connectivity index (χ2n) is 14.4. The normalized spacial score (nSPS) is 17.3. The van der Waals surface area contributed by atoms with Crippen molar-refractivity contribution in [2.75, 3.05) is 57.1 Å². The zero-order valence-electron chi connectivity index (χ0n) is 31.6. The Morgan fingerprint density at radius 3 is 2.45 bits per heavy atom. The summed E-state index contributed by atoms with van der Waals surface area (Å²) < 4.78 is 11.1. The van der Waals surface area contributed by atoms with Crippen molar-refractivity contribution in [3.8, 4) is 5.75 Å². The maximum absolute atomic E-state index is 14.4. The van der Waals surface area contributed by atoms with Gasteiger partial charge in [0.25, 0.3) is 0 Å². The standard InChI is InChI=1S/C44H46N6O5/c1-5-50(6-2)23-29(51)21-45-34-13-14-35(46-22-30-24-55-30)41-42(34)44(53)32-17-26(11-12-31(32)43(41)52)16-28-15-25(3)36(47-28)19-39-40(54-4)20-38(49-39)37-18-27-9-7-8-10-33(27)48-37/h7-15,17-20,29-30,45-47,49,51H,5-6,16,21-24H2,1-4H3/b38-37?,39-19+/t29-,30-/m0/s1. The fourth-order valence-corrected chi connectivity index (χ4v) is 7.49. The molecule has 0 radical (unpaired) electrons. The second kappa shape index (κ2) is 15.2. The number of carbonyl (C=O) groups excluding carboxylic acids is 2. The number of rotatable bonds is 14. The van der Waals surface area contributed by atoms with Crippen LogP contribution in [-0.2, 0) is 11.2 Å². The third-order valence-corrected chi connectivity index (χ3v) is 10.6. The number of benzene rings is 3. The van der Waals surface area contributed by atoms with Crippen LogP contribution in [0.25, 0.3) is 17.8 Å². The van der Waals surface area contributed by atoms with Gasteiger partial charge in [0.05, 0.1) is 58.8 Å². The van der Waals surface area contributed by atoms with Gasteiger partial charge in [-0.1, -0.05) is 44.2 Å². The molecule has 0 saturated carbocycles. The van der Waals surface area contributed by atoms with E-state index in [2.05, 4.69) is 57.6 Å². The number of epoxide rings is 1. The quantitative estimate of drug-likeness (QED) is 0.107. The number of anilines is 2. The van der Waals surface area contributed by atoms with Crippen molar-refractivity contribution in [1.29, 1.82) is 0 Å². The molecular formula is C44H46N6O5. The maximum atomic E-state index is 14.4. The summed E-state index contributed by atoms with van der Waals surface area (Å²) in [4.78, 5) is 42.6. The molecule has 5 N–H and O–H groups in total. The summed E-state index contributed by atoms with van der Waals surface area (Å²) in [6, 6.07) is 21.3. The average molecular weight is 739 g/mol. The number of hydrogen-bond donors (Lipinski definition) is 5. The van der Waals surface area contributed by atoms with E-state index in [1.165, 1.54) is 0 Å². The highest BCUT2D eigenvalue weighted by atomic mass is 16.6. The molecule has 3 aromatic carbocycles. The first-order chi connectivity index (χ1) is 26.7. The van der Waals surface area contributed by atoms with E-state index in [9.17, 15) is 14.7 Å². The topological polar surface area (TPSA) is 147 Å². The number of ketones is 2. The van der Waals surface area contributed by atoms with Crippen molar-refractivity contribution in [3.05, 3.63) is 133 Å². The molecule has 11 nitrogen and oxygen atoms in total. The van der Waals surface area contributed by atoms with E-state index in [1.54, 1.807) is 13.2 Å². The predicted octanol–water partition coefficient (Wildman–Crippen LogP) is 3.00. The summed E-state index contributed by atoms with van der Waals surface area (Å²) in [7, 11) is 1.66. The minimum atomic E-state index is -0.654. The summed E-state index contributed by atoms with van der Waals surface area (Å²) in [6.07, 6.45) is 4.06. The van der Waals surface area contributed by atoms with Crippen LogP contribution >= 0.6 is 0 Å². The van der Waals surface area contributed by atoms with Gasteiger partial charge in [0.15, 0.2) is 11.6 Å². The molecule has 2 atom stereocenters. The van der Waals surface area contributed by atoms with Gasteiger partial charge in [-0.25, -0.2) is 4.99 Å². The van der Waals surface area contributed by atoms with Crippen LogP contribution in [0.1, 0.15) is 68.2 Å². The highest BCUT2D eigenvalue weighted by molar-refractivity contribution is 6.32. The van der Waals surface area contributed by atoms with E-state index in [0.29, 0.717) is 65.5 Å². The van der Waals surface area contributed by atoms with E-state index in [-0.39, 0.29) is 24.2 Å². The third-order valence-electron chi connectivity index (χ3n) is 10.6. The Bertz CT molecular complexity index is 2520. The van der Waals surface area contributed by atoms with E-state index in [4.69, 9.17) is 14.5 Å². The molecule has 4 heterocycles. The van der Waals surface area contributed by atoms with Crippen LogP contribution in [-0.4, -0.2) is 90.2 Å². The molecule has 0 bridgehead atoms. The van der Waals surface area contributed by atoms with Gasteiger partial charge in [-0.05, 0) is 73.6 Å². The number of H-pyrrole nitrogens is 2. The van der Waals surface area contributed by atoms with Gasteiger partial charge in [0.1, 0.15) is 5.75 Å². The number of fused-ring (bicyclic) bond motifs is 3. The van der Waals surface area contributed by atoms with E-state index >= 15 is 0 Å². The number of aliphatic hydroxyl groups is 1. The molecule has 0 unspecified atom stereocenters. The molecule has 3 aliphatic rings. The van der Waals surface area contributed by atoms with Crippen LogP contribution in [0.4, 0.5) is 11.4 Å². The molecule has 8 rings (SSSR count). The minimum absolute atomic E-state index is 0.0917. The van der Waals surface area contributed by atoms with Crippen molar-refractivity contribution in [3.63, 3.8) is 0 Å². The lowest BCUT2D eigenvalue weighted by Crippen LogP contribution is -2.36. The highest BCUT2D eigenvalue weighted by Gasteiger charge is 2.35. The minimum Gasteiger partial charge on any atom is -0.494 e. The van der Waals surface area contributed by atoms with Crippen LogP contribution in [0.2, 0.25) is 0 Å². The first-order valence-corrected chi connectivity index (χ1v) is 18.9. The van der Waals surface area contributed by atoms with Crippen molar-refractivity contribution < 1.29 is 24.2 Å². The number of para-hydroxylation sites is 1. The molecule has 282 valence electrons. The first kappa shape index (κ1) is 36.2. The number of ether oxygens (including phenoxy) is 2. The van der Waals surface area contributed by atoms with Gasteiger partial charge in [0.2, 0.25) is 0 Å². The van der Waals surface area contributed by atoms with Gasteiger partial charge < -0.3 is 40.1 Å². The van der Waals surface area contributed by atoms with Crippen LogP contribution in [0, 0.1) is 6.92 Å². The number of aliphatic hydroxyl groups excluding tert-OH is 1. The smallest absolute Gasteiger partial charge is 0.196 e. The highest BCUT2D eigenvalue weighted by Crippen LogP contribution is 2.37. The number of carbonyl (C=O) groups is 2. The van der Waals surface area contributed by atoms with Gasteiger partial charge in [-0.3, -0.25) is 9.59 Å². The molecule has 2 aromatic heterocycles. The first-order valence-electron chi connectivity index (χ1n) is 18.9. The molecule has 55 heavy (non-hydrogen) atoms. The van der Waals surface area contributed by atoms with Crippen molar-refractivity contribution in [2.24, 2.45) is 4.99 Å². The molecule has 11 heteroatoms. The lowest BCUT2D eigenvalue weighted by Gasteiger charge is -2.26. The number of aryl methyl sites for hydroxylation is 1. The Hall–Kier alpha value is -5.75. The monoisotopic (exact) mass is 738 g/mol. The van der Waals surface area contributed by atoms with Crippen LogP contribution < -0.4 is 36.6 Å². The molecule has 1 fully saturated rings. The Morgan fingerprint density at radius 1 is 0.982 bits per heavy atom. The van der Waals surface area contributed by atoms with Gasteiger partial charge in [-0.15, -0.1) is 0 Å². The largest absolute Gasteiger partial charge is 0.494 e. The number of aromatic amines is 2. The van der Waals surface area contributed by atoms with Gasteiger partial charge in [-0.2, -0.15) is 0 Å². The zero-order chi connectivity index (χ0) is 38.2. The summed E-state index contributed by atoms with van der Waals surface area (Å²) >= 11 is 0. The van der Waals surface area contributed by atoms with Crippen molar-refractivity contribution in [2.45, 2.75) is 39.4 Å². The fourth-order valence-electron chi connectivity index (χ4n) is 7.49. The Labute approximate surface area is 319 Å². The van der Waals surface area contributed by atoms with Crippen LogP contribution in [0.15, 0.2) is 71.7 Å². The molecule has 0 amide bonds. The maximum Gasteiger partial charge on any atom is 0.196 e.